The number of imidazole rings is 1. The monoisotopic (exact) mass is 446 g/mol. The molecule has 174 valence electrons. The number of aliphatic hydroxyl groups excluding tert-OH is 1. The summed E-state index contributed by atoms with van der Waals surface area (Å²) in [5.74, 6) is 0.980. The van der Waals surface area contributed by atoms with Gasteiger partial charge >= 0.3 is 0 Å². The van der Waals surface area contributed by atoms with E-state index in [0.717, 1.165) is 30.2 Å². The summed E-state index contributed by atoms with van der Waals surface area (Å²) in [6, 6.07) is 20.2. The second-order valence-corrected chi connectivity index (χ2v) is 9.96. The maximum atomic E-state index is 13.0. The van der Waals surface area contributed by atoms with Gasteiger partial charge in [0.15, 0.2) is 0 Å². The third kappa shape index (κ3) is 5.34. The highest BCUT2D eigenvalue weighted by Gasteiger charge is 2.39. The topological polar surface area (TPSA) is 70.4 Å². The highest BCUT2D eigenvalue weighted by molar-refractivity contribution is 5.77. The molecule has 0 bridgehead atoms. The molecule has 1 aromatic heterocycles. The molecule has 0 radical (unpaired) electrons. The fraction of sp³-hybridized carbons (Fsp3) is 0.407. The van der Waals surface area contributed by atoms with Crippen molar-refractivity contribution in [1.82, 2.24) is 19.8 Å². The van der Waals surface area contributed by atoms with Crippen molar-refractivity contribution in [2.24, 2.45) is 11.3 Å². The summed E-state index contributed by atoms with van der Waals surface area (Å²) in [6.45, 7) is 8.95. The summed E-state index contributed by atoms with van der Waals surface area (Å²) in [4.78, 5) is 20.0. The van der Waals surface area contributed by atoms with Crippen molar-refractivity contribution < 1.29 is 9.90 Å². The van der Waals surface area contributed by atoms with E-state index >= 15 is 0 Å². The van der Waals surface area contributed by atoms with Gasteiger partial charge < -0.3 is 19.9 Å². The van der Waals surface area contributed by atoms with E-state index in [4.69, 9.17) is 4.98 Å². The van der Waals surface area contributed by atoms with Gasteiger partial charge in [-0.25, -0.2) is 4.98 Å². The first-order valence-electron chi connectivity index (χ1n) is 11.6. The molecular weight excluding hydrogens is 412 g/mol. The third-order valence-electron chi connectivity index (χ3n) is 6.23. The van der Waals surface area contributed by atoms with Gasteiger partial charge in [-0.1, -0.05) is 81.4 Å². The van der Waals surface area contributed by atoms with Crippen LogP contribution in [-0.4, -0.2) is 51.7 Å². The molecule has 2 heterocycles. The molecular formula is C27H34N4O2. The van der Waals surface area contributed by atoms with Crippen LogP contribution in [0.1, 0.15) is 38.2 Å². The van der Waals surface area contributed by atoms with Gasteiger partial charge in [-0.2, -0.15) is 0 Å². The minimum Gasteiger partial charge on any atom is -0.387 e. The fourth-order valence-corrected chi connectivity index (χ4v) is 4.50. The minimum absolute atomic E-state index is 0.252. The van der Waals surface area contributed by atoms with Crippen LogP contribution in [0.3, 0.4) is 0 Å². The lowest BCUT2D eigenvalue weighted by Crippen LogP contribution is -2.53. The Balaban J connectivity index is 1.81. The molecule has 2 N–H and O–H groups in total. The van der Waals surface area contributed by atoms with E-state index in [2.05, 4.69) is 61.1 Å². The number of aliphatic hydroxyl groups is 1. The first-order chi connectivity index (χ1) is 15.9. The van der Waals surface area contributed by atoms with Gasteiger partial charge in [-0.05, 0) is 11.0 Å². The van der Waals surface area contributed by atoms with Gasteiger partial charge in [-0.3, -0.25) is 4.79 Å². The Morgan fingerprint density at radius 2 is 1.76 bits per heavy atom. The molecule has 0 spiro atoms. The van der Waals surface area contributed by atoms with Crippen molar-refractivity contribution in [3.05, 3.63) is 78.2 Å². The standard InChI is InChI=1S/C27H34N4O2/c1-27(2,3)25(31(24(33)19-32)17-21-14-28-15-21)26-29-23(22-12-8-5-9-13-22)18-30(26)16-20-10-6-4-7-11-20/h4-13,18,21,25,28,32H,14-17,19H2,1-3H3/t25-/m0/s1. The zero-order chi connectivity index (χ0) is 23.4. The Morgan fingerprint density at radius 3 is 2.30 bits per heavy atom. The first-order valence-corrected chi connectivity index (χ1v) is 11.6. The second kappa shape index (κ2) is 9.89. The number of aromatic nitrogens is 2. The Morgan fingerprint density at radius 1 is 1.12 bits per heavy atom. The molecule has 1 fully saturated rings. The van der Waals surface area contributed by atoms with E-state index in [1.807, 2.05) is 41.3 Å². The molecule has 2 aromatic carbocycles. The molecule has 0 saturated carbocycles. The van der Waals surface area contributed by atoms with E-state index in [1.165, 1.54) is 5.56 Å². The molecule has 1 aliphatic rings. The Bertz CT molecular complexity index is 1050. The number of hydrogen-bond acceptors (Lipinski definition) is 4. The number of amides is 1. The number of nitrogens with one attached hydrogen (secondary N) is 1. The van der Waals surface area contributed by atoms with Crippen molar-refractivity contribution in [1.29, 1.82) is 0 Å². The molecule has 6 heteroatoms. The number of nitrogens with zero attached hydrogens (tertiary/aromatic N) is 3. The fourth-order valence-electron chi connectivity index (χ4n) is 4.50. The van der Waals surface area contributed by atoms with Crippen LogP contribution in [0.25, 0.3) is 11.3 Å². The second-order valence-electron chi connectivity index (χ2n) is 9.96. The molecule has 1 atom stereocenters. The molecule has 3 aromatic rings. The summed E-state index contributed by atoms with van der Waals surface area (Å²) >= 11 is 0. The Hall–Kier alpha value is -2.96. The van der Waals surface area contributed by atoms with Gasteiger partial charge in [0.05, 0.1) is 11.7 Å². The minimum atomic E-state index is -0.502. The lowest BCUT2D eigenvalue weighted by molar-refractivity contribution is -0.141. The van der Waals surface area contributed by atoms with E-state index in [1.54, 1.807) is 0 Å². The highest BCUT2D eigenvalue weighted by atomic mass is 16.3. The number of benzene rings is 2. The van der Waals surface area contributed by atoms with Crippen molar-refractivity contribution in [2.45, 2.75) is 33.4 Å². The van der Waals surface area contributed by atoms with Crippen LogP contribution in [0.5, 0.6) is 0 Å². The summed E-state index contributed by atoms with van der Waals surface area (Å²) in [5, 5.41) is 13.1. The van der Waals surface area contributed by atoms with Crippen LogP contribution in [0.15, 0.2) is 66.9 Å². The average molecular weight is 447 g/mol. The van der Waals surface area contributed by atoms with E-state index < -0.39 is 6.61 Å². The van der Waals surface area contributed by atoms with Crippen LogP contribution in [0.2, 0.25) is 0 Å². The van der Waals surface area contributed by atoms with Crippen LogP contribution in [-0.2, 0) is 11.3 Å². The van der Waals surface area contributed by atoms with Crippen molar-refractivity contribution in [3.63, 3.8) is 0 Å². The molecule has 0 aliphatic carbocycles. The van der Waals surface area contributed by atoms with Crippen LogP contribution < -0.4 is 5.32 Å². The lowest BCUT2D eigenvalue weighted by atomic mass is 9.84. The Kier molecular flexibility index (Phi) is 6.96. The third-order valence-corrected chi connectivity index (χ3v) is 6.23. The van der Waals surface area contributed by atoms with E-state index in [-0.39, 0.29) is 17.4 Å². The largest absolute Gasteiger partial charge is 0.387 e. The SMILES string of the molecule is CC(C)(C)[C@H](c1nc(-c2ccccc2)cn1Cc1ccccc1)N(CC1CNC1)C(=O)CO. The number of carbonyl (C=O) groups is 1. The van der Waals surface area contributed by atoms with E-state index in [9.17, 15) is 9.90 Å². The van der Waals surface area contributed by atoms with Gasteiger partial charge in [-0.15, -0.1) is 0 Å². The molecule has 1 amide bonds. The maximum absolute atomic E-state index is 13.0. The lowest BCUT2D eigenvalue weighted by Gasteiger charge is -2.43. The van der Waals surface area contributed by atoms with Gasteiger partial charge in [0.25, 0.3) is 0 Å². The number of rotatable bonds is 8. The summed E-state index contributed by atoms with van der Waals surface area (Å²) < 4.78 is 2.17. The Labute approximate surface area is 196 Å². The van der Waals surface area contributed by atoms with E-state index in [0.29, 0.717) is 19.0 Å². The smallest absolute Gasteiger partial charge is 0.248 e. The van der Waals surface area contributed by atoms with Crippen molar-refractivity contribution in [3.8, 4) is 11.3 Å². The quantitative estimate of drug-likeness (QED) is 0.553. The van der Waals surface area contributed by atoms with Gasteiger partial charge in [0.1, 0.15) is 12.4 Å². The van der Waals surface area contributed by atoms with Crippen molar-refractivity contribution in [2.75, 3.05) is 26.2 Å². The summed E-state index contributed by atoms with van der Waals surface area (Å²) in [6.07, 6.45) is 2.09. The van der Waals surface area contributed by atoms with Crippen LogP contribution >= 0.6 is 0 Å². The average Bonchev–Trinajstić information content (AvgIpc) is 3.18. The molecule has 1 saturated heterocycles. The maximum Gasteiger partial charge on any atom is 0.248 e. The normalized spacial score (nSPS) is 15.2. The zero-order valence-electron chi connectivity index (χ0n) is 19.7. The predicted molar refractivity (Wildman–Crippen MR) is 131 cm³/mol. The highest BCUT2D eigenvalue weighted by Crippen LogP contribution is 2.39. The number of carbonyl (C=O) groups excluding carboxylic acids is 1. The van der Waals surface area contributed by atoms with Crippen LogP contribution in [0.4, 0.5) is 0 Å². The zero-order valence-corrected chi connectivity index (χ0v) is 19.7. The predicted octanol–water partition coefficient (Wildman–Crippen LogP) is 3.73. The van der Waals surface area contributed by atoms with Crippen LogP contribution in [0, 0.1) is 11.3 Å². The van der Waals surface area contributed by atoms with Crippen molar-refractivity contribution >= 4 is 5.91 Å². The number of hydrogen-bond donors (Lipinski definition) is 2. The molecule has 1 aliphatic heterocycles. The summed E-state index contributed by atoms with van der Waals surface area (Å²) in [7, 11) is 0. The molecule has 4 rings (SSSR count). The molecule has 6 nitrogen and oxygen atoms in total. The van der Waals surface area contributed by atoms with Gasteiger partial charge in [0, 0.05) is 43.9 Å². The molecule has 33 heavy (non-hydrogen) atoms. The van der Waals surface area contributed by atoms with Gasteiger partial charge in [0.2, 0.25) is 5.91 Å². The first kappa shape index (κ1) is 23.2. The summed E-state index contributed by atoms with van der Waals surface area (Å²) in [5.41, 5.74) is 2.82. The molecule has 0 unspecified atom stereocenters.